The summed E-state index contributed by atoms with van der Waals surface area (Å²) in [5.74, 6) is -6.63. The van der Waals surface area contributed by atoms with Gasteiger partial charge in [0.05, 0.1) is 19.1 Å². The number of esters is 5. The van der Waals surface area contributed by atoms with Gasteiger partial charge in [-0.2, -0.15) is 0 Å². The van der Waals surface area contributed by atoms with Gasteiger partial charge in [-0.05, 0) is 31.8 Å². The van der Waals surface area contributed by atoms with E-state index in [1.54, 1.807) is 13.8 Å². The van der Waals surface area contributed by atoms with Crippen molar-refractivity contribution in [2.45, 2.75) is 96.9 Å². The molecule has 218 valence electrons. The first-order valence-electron chi connectivity index (χ1n) is 13.0. The molecular weight excluding hydrogens is 516 g/mol. The number of aliphatic hydroxyl groups is 2. The molecule has 2 fully saturated rings. The van der Waals surface area contributed by atoms with Crippen LogP contribution in [-0.2, 0) is 47.7 Å². The molecule has 3 aliphatic rings. The number of rotatable bonds is 4. The topological polar surface area (TPSA) is 172 Å². The third kappa shape index (κ3) is 5.41. The van der Waals surface area contributed by atoms with Crippen molar-refractivity contribution in [2.75, 3.05) is 7.11 Å². The van der Waals surface area contributed by atoms with Crippen molar-refractivity contribution in [3.05, 3.63) is 11.6 Å². The SMILES string of the molecule is COC(=O)/C1=C/[C@@H]2OC(=O)[C@H](C)[C@@]2(O)[C@H](OC(C)=O)[C@H]2[C@@H](C)[C@@H](O)C[C@H](OC(C)=O)[C@]2(C)[C@H](OC(C)=O)CC1. The maximum Gasteiger partial charge on any atom is 0.333 e. The average Bonchev–Trinajstić information content (AvgIpc) is 3.05. The summed E-state index contributed by atoms with van der Waals surface area (Å²) in [7, 11) is 1.17. The molecule has 0 aromatic carbocycles. The van der Waals surface area contributed by atoms with Crippen molar-refractivity contribution in [2.24, 2.45) is 23.2 Å². The molecule has 1 saturated carbocycles. The molecule has 0 aromatic rings. The number of fused-ring (bicyclic) bond motifs is 2. The number of carbonyl (C=O) groups is 5. The quantitative estimate of drug-likeness (QED) is 0.373. The van der Waals surface area contributed by atoms with Crippen LogP contribution in [0.2, 0.25) is 0 Å². The molecular formula is C27H38O12. The molecule has 0 spiro atoms. The Kier molecular flexibility index (Phi) is 8.81. The van der Waals surface area contributed by atoms with Crippen molar-refractivity contribution in [1.82, 2.24) is 0 Å². The molecule has 1 heterocycles. The van der Waals surface area contributed by atoms with E-state index >= 15 is 0 Å². The third-order valence-electron chi connectivity index (χ3n) is 8.65. The number of hydrogen-bond acceptors (Lipinski definition) is 12. The summed E-state index contributed by atoms with van der Waals surface area (Å²) in [4.78, 5) is 62.7. The van der Waals surface area contributed by atoms with Crippen molar-refractivity contribution in [3.8, 4) is 0 Å². The Labute approximate surface area is 226 Å². The lowest BCUT2D eigenvalue weighted by molar-refractivity contribution is -0.250. The van der Waals surface area contributed by atoms with Gasteiger partial charge in [-0.15, -0.1) is 0 Å². The molecule has 10 atom stereocenters. The van der Waals surface area contributed by atoms with Crippen molar-refractivity contribution < 1.29 is 57.9 Å². The number of aliphatic hydroxyl groups excluding tert-OH is 1. The highest BCUT2D eigenvalue weighted by Crippen LogP contribution is 2.56. The van der Waals surface area contributed by atoms with Crippen LogP contribution in [0, 0.1) is 23.2 Å². The molecule has 12 nitrogen and oxygen atoms in total. The summed E-state index contributed by atoms with van der Waals surface area (Å²) >= 11 is 0. The van der Waals surface area contributed by atoms with E-state index in [2.05, 4.69) is 0 Å². The summed E-state index contributed by atoms with van der Waals surface area (Å²) in [6.45, 7) is 8.28. The highest BCUT2D eigenvalue weighted by Gasteiger charge is 2.69. The van der Waals surface area contributed by atoms with Gasteiger partial charge in [0.1, 0.15) is 18.3 Å². The second kappa shape index (κ2) is 11.2. The standard InChI is InChI=1S/C27H38O12/c1-12-18(31)11-20(37-15(4)29)26(6)19(36-14(3)28)9-8-17(25(33)35-7)10-21-27(34,13(2)24(32)39-21)23(22(12)26)38-16(5)30/h10,12-13,18-23,31,34H,8-9,11H2,1-7H3/b17-10+/t12-,13-,18-,19+,20-,21-,22+,23+,26-,27-/m0/s1. The average molecular weight is 555 g/mol. The summed E-state index contributed by atoms with van der Waals surface area (Å²) in [5.41, 5.74) is -3.56. The molecule has 0 unspecified atom stereocenters. The zero-order chi connectivity index (χ0) is 29.4. The first kappa shape index (κ1) is 30.6. The molecule has 1 saturated heterocycles. The minimum absolute atomic E-state index is 0.0204. The summed E-state index contributed by atoms with van der Waals surface area (Å²) in [5, 5.41) is 23.4. The van der Waals surface area contributed by atoms with Gasteiger partial charge in [0.15, 0.2) is 11.7 Å². The maximum absolute atomic E-state index is 12.9. The van der Waals surface area contributed by atoms with Crippen molar-refractivity contribution in [1.29, 1.82) is 0 Å². The Bertz CT molecular complexity index is 1050. The first-order chi connectivity index (χ1) is 18.1. The Hall–Kier alpha value is -2.99. The van der Waals surface area contributed by atoms with Crippen molar-refractivity contribution >= 4 is 29.8 Å². The van der Waals surface area contributed by atoms with Gasteiger partial charge in [0, 0.05) is 44.1 Å². The monoisotopic (exact) mass is 554 g/mol. The fourth-order valence-electron chi connectivity index (χ4n) is 6.63. The minimum Gasteiger partial charge on any atom is -0.466 e. The maximum atomic E-state index is 12.9. The lowest BCUT2D eigenvalue weighted by Gasteiger charge is -2.58. The van der Waals surface area contributed by atoms with E-state index in [4.69, 9.17) is 23.7 Å². The molecule has 12 heteroatoms. The second-order valence-corrected chi connectivity index (χ2v) is 11.0. The van der Waals surface area contributed by atoms with Crippen LogP contribution >= 0.6 is 0 Å². The van der Waals surface area contributed by atoms with E-state index in [0.29, 0.717) is 0 Å². The first-order valence-corrected chi connectivity index (χ1v) is 13.0. The molecule has 1 aliphatic heterocycles. The van der Waals surface area contributed by atoms with Crippen molar-refractivity contribution in [3.63, 3.8) is 0 Å². The molecule has 2 aliphatic carbocycles. The molecule has 0 amide bonds. The van der Waals surface area contributed by atoms with Gasteiger partial charge in [-0.25, -0.2) is 4.79 Å². The zero-order valence-corrected chi connectivity index (χ0v) is 23.3. The van der Waals surface area contributed by atoms with Gasteiger partial charge in [-0.3, -0.25) is 19.2 Å². The van der Waals surface area contributed by atoms with Crippen LogP contribution in [0.15, 0.2) is 11.6 Å². The number of methoxy groups -OCH3 is 1. The summed E-state index contributed by atoms with van der Waals surface area (Å²) in [6.07, 6.45) is -4.89. The molecule has 0 bridgehead atoms. The van der Waals surface area contributed by atoms with E-state index in [1.165, 1.54) is 34.0 Å². The fourth-order valence-corrected chi connectivity index (χ4v) is 6.63. The van der Waals surface area contributed by atoms with E-state index < -0.39 is 89.1 Å². The lowest BCUT2D eigenvalue weighted by atomic mass is 9.52. The smallest absolute Gasteiger partial charge is 0.333 e. The third-order valence-corrected chi connectivity index (χ3v) is 8.65. The van der Waals surface area contributed by atoms with Crippen LogP contribution in [0.25, 0.3) is 0 Å². The molecule has 2 N–H and O–H groups in total. The number of ether oxygens (including phenoxy) is 5. The molecule has 39 heavy (non-hydrogen) atoms. The van der Waals surface area contributed by atoms with Crippen LogP contribution in [-0.4, -0.2) is 83.3 Å². The van der Waals surface area contributed by atoms with Gasteiger partial charge < -0.3 is 33.9 Å². The Morgan fingerprint density at radius 3 is 2.10 bits per heavy atom. The normalized spacial score (nSPS) is 41.5. The van der Waals surface area contributed by atoms with Crippen LogP contribution in [0.5, 0.6) is 0 Å². The Morgan fingerprint density at radius 2 is 1.56 bits per heavy atom. The van der Waals surface area contributed by atoms with Gasteiger partial charge in [0.25, 0.3) is 0 Å². The van der Waals surface area contributed by atoms with E-state index in [1.807, 2.05) is 0 Å². The largest absolute Gasteiger partial charge is 0.466 e. The highest BCUT2D eigenvalue weighted by atomic mass is 16.6. The summed E-state index contributed by atoms with van der Waals surface area (Å²) in [6, 6.07) is 0. The van der Waals surface area contributed by atoms with Crippen LogP contribution in [0.3, 0.4) is 0 Å². The Morgan fingerprint density at radius 1 is 1.00 bits per heavy atom. The minimum atomic E-state index is -2.22. The van der Waals surface area contributed by atoms with Gasteiger partial charge >= 0.3 is 29.8 Å². The highest BCUT2D eigenvalue weighted by molar-refractivity contribution is 5.89. The predicted molar refractivity (Wildman–Crippen MR) is 131 cm³/mol. The van der Waals surface area contributed by atoms with Crippen LogP contribution < -0.4 is 0 Å². The lowest BCUT2D eigenvalue weighted by Crippen LogP contribution is -2.68. The van der Waals surface area contributed by atoms with Gasteiger partial charge in [-0.1, -0.05) is 13.8 Å². The predicted octanol–water partition coefficient (Wildman–Crippen LogP) is 0.991. The molecule has 0 aromatic heterocycles. The van der Waals surface area contributed by atoms with Gasteiger partial charge in [0.2, 0.25) is 0 Å². The molecule has 0 radical (unpaired) electrons. The van der Waals surface area contributed by atoms with E-state index in [-0.39, 0.29) is 24.8 Å². The van der Waals surface area contributed by atoms with E-state index in [9.17, 15) is 34.2 Å². The molecule has 3 rings (SSSR count). The zero-order valence-electron chi connectivity index (χ0n) is 23.3. The summed E-state index contributed by atoms with van der Waals surface area (Å²) < 4.78 is 27.7. The van der Waals surface area contributed by atoms with E-state index in [0.717, 1.165) is 6.92 Å². The second-order valence-electron chi connectivity index (χ2n) is 11.0. The number of hydrogen-bond donors (Lipinski definition) is 2. The van der Waals surface area contributed by atoms with Crippen LogP contribution in [0.4, 0.5) is 0 Å². The Balaban J connectivity index is 2.41. The van der Waals surface area contributed by atoms with Crippen LogP contribution in [0.1, 0.15) is 60.8 Å². The fraction of sp³-hybridized carbons (Fsp3) is 0.741. The number of carbonyl (C=O) groups excluding carboxylic acids is 5.